The van der Waals surface area contributed by atoms with Gasteiger partial charge < -0.3 is 5.73 Å². The van der Waals surface area contributed by atoms with Crippen LogP contribution in [0.25, 0.3) is 16.6 Å². The fourth-order valence-electron chi connectivity index (χ4n) is 2.47. The summed E-state index contributed by atoms with van der Waals surface area (Å²) in [5.41, 5.74) is 5.41. The van der Waals surface area contributed by atoms with Crippen molar-refractivity contribution in [3.8, 4) is 5.69 Å². The predicted octanol–water partition coefficient (Wildman–Crippen LogP) is 3.30. The fraction of sp³-hybridized carbons (Fsp3) is 0.125. The van der Waals surface area contributed by atoms with Gasteiger partial charge in [-0.25, -0.2) is 4.79 Å². The average Bonchev–Trinajstić information content (AvgIpc) is 2.47. The number of nitrogen functional groups attached to an aromatic ring is 1. The Labute approximate surface area is 129 Å². The third-order valence-electron chi connectivity index (χ3n) is 3.61. The summed E-state index contributed by atoms with van der Waals surface area (Å²) in [4.78, 5) is 16.0. The van der Waals surface area contributed by atoms with Crippen molar-refractivity contribution < 1.29 is 13.2 Å². The number of nitrogens with two attached hydrogens (primary N) is 1. The van der Waals surface area contributed by atoms with Crippen LogP contribution in [0.2, 0.25) is 0 Å². The van der Waals surface area contributed by atoms with Crippen molar-refractivity contribution >= 4 is 16.7 Å². The van der Waals surface area contributed by atoms with E-state index in [0.29, 0.717) is 11.1 Å². The molecule has 0 atom stereocenters. The first-order chi connectivity index (χ1) is 10.8. The topological polar surface area (TPSA) is 60.9 Å². The van der Waals surface area contributed by atoms with Crippen LogP contribution < -0.4 is 11.4 Å². The Balaban J connectivity index is 2.46. The van der Waals surface area contributed by atoms with Crippen LogP contribution in [-0.2, 0) is 6.18 Å². The first-order valence-electron chi connectivity index (χ1n) is 6.74. The second-order valence-corrected chi connectivity index (χ2v) is 5.13. The van der Waals surface area contributed by atoms with Crippen molar-refractivity contribution in [2.45, 2.75) is 13.1 Å². The minimum Gasteiger partial charge on any atom is -0.383 e. The first kappa shape index (κ1) is 15.1. The van der Waals surface area contributed by atoms with Crippen LogP contribution in [0, 0.1) is 6.92 Å². The predicted molar refractivity (Wildman–Crippen MR) is 81.5 cm³/mol. The van der Waals surface area contributed by atoms with Crippen molar-refractivity contribution in [1.82, 2.24) is 9.55 Å². The highest BCUT2D eigenvalue weighted by molar-refractivity contribution is 5.89. The van der Waals surface area contributed by atoms with Crippen LogP contribution in [0.15, 0.2) is 47.3 Å². The Hall–Kier alpha value is -2.83. The van der Waals surface area contributed by atoms with E-state index in [4.69, 9.17) is 5.73 Å². The molecule has 0 radical (unpaired) electrons. The number of halogens is 3. The highest BCUT2D eigenvalue weighted by Gasteiger charge is 2.31. The molecule has 7 heteroatoms. The Kier molecular flexibility index (Phi) is 3.35. The van der Waals surface area contributed by atoms with Gasteiger partial charge in [0.1, 0.15) is 5.82 Å². The number of fused-ring (bicyclic) bond motifs is 1. The van der Waals surface area contributed by atoms with Gasteiger partial charge in [-0.3, -0.25) is 4.57 Å². The highest BCUT2D eigenvalue weighted by atomic mass is 19.4. The molecule has 4 nitrogen and oxygen atoms in total. The smallest absolute Gasteiger partial charge is 0.383 e. The summed E-state index contributed by atoms with van der Waals surface area (Å²) in [5, 5.41) is 0.292. The number of aromatic nitrogens is 2. The number of rotatable bonds is 1. The van der Waals surface area contributed by atoms with Gasteiger partial charge >= 0.3 is 11.9 Å². The van der Waals surface area contributed by atoms with E-state index in [1.807, 2.05) is 0 Å². The minimum absolute atomic E-state index is 0.0756. The zero-order valence-electron chi connectivity index (χ0n) is 12.1. The van der Waals surface area contributed by atoms with Gasteiger partial charge in [0.15, 0.2) is 0 Å². The van der Waals surface area contributed by atoms with Crippen molar-refractivity contribution in [2.24, 2.45) is 0 Å². The number of anilines is 1. The molecule has 0 aliphatic rings. The molecule has 0 aliphatic heterocycles. The van der Waals surface area contributed by atoms with Gasteiger partial charge in [0.2, 0.25) is 0 Å². The van der Waals surface area contributed by atoms with Crippen molar-refractivity contribution in [3.63, 3.8) is 0 Å². The van der Waals surface area contributed by atoms with Crippen LogP contribution in [0.3, 0.4) is 0 Å². The molecule has 0 saturated heterocycles. The van der Waals surface area contributed by atoms with E-state index in [2.05, 4.69) is 4.98 Å². The van der Waals surface area contributed by atoms with Crippen molar-refractivity contribution in [3.05, 3.63) is 64.1 Å². The SMILES string of the molecule is Cc1ccccc1-n1c(=O)nc(N)c2ccc(C(F)(F)F)cc21. The number of para-hydroxylation sites is 1. The van der Waals surface area contributed by atoms with E-state index < -0.39 is 17.4 Å². The zero-order chi connectivity index (χ0) is 16.8. The monoisotopic (exact) mass is 319 g/mol. The largest absolute Gasteiger partial charge is 0.416 e. The van der Waals surface area contributed by atoms with Crippen molar-refractivity contribution in [2.75, 3.05) is 5.73 Å². The maximum absolute atomic E-state index is 13.0. The second kappa shape index (κ2) is 5.12. The Bertz CT molecular complexity index is 961. The lowest BCUT2D eigenvalue weighted by Gasteiger charge is -2.15. The summed E-state index contributed by atoms with van der Waals surface area (Å²) in [6.07, 6.45) is -4.52. The van der Waals surface area contributed by atoms with Gasteiger partial charge in [-0.2, -0.15) is 18.2 Å². The molecule has 0 fully saturated rings. The summed E-state index contributed by atoms with van der Waals surface area (Å²) in [7, 11) is 0. The molecule has 0 spiro atoms. The quantitative estimate of drug-likeness (QED) is 0.748. The number of hydrogen-bond donors (Lipinski definition) is 1. The normalized spacial score (nSPS) is 11.8. The van der Waals surface area contributed by atoms with Gasteiger partial charge in [-0.1, -0.05) is 18.2 Å². The number of aryl methyl sites for hydroxylation is 1. The Morgan fingerprint density at radius 1 is 1.13 bits per heavy atom. The number of nitrogens with zero attached hydrogens (tertiary/aromatic N) is 2. The first-order valence-corrected chi connectivity index (χ1v) is 6.74. The van der Waals surface area contributed by atoms with Crippen molar-refractivity contribution in [1.29, 1.82) is 0 Å². The molecule has 23 heavy (non-hydrogen) atoms. The molecule has 1 aromatic heterocycles. The lowest BCUT2D eigenvalue weighted by Crippen LogP contribution is -2.24. The molecule has 0 saturated carbocycles. The fourth-order valence-corrected chi connectivity index (χ4v) is 2.47. The Morgan fingerprint density at radius 3 is 2.48 bits per heavy atom. The molecule has 1 heterocycles. The third kappa shape index (κ3) is 2.54. The minimum atomic E-state index is -4.52. The van der Waals surface area contributed by atoms with E-state index in [1.54, 1.807) is 31.2 Å². The van der Waals surface area contributed by atoms with Gasteiger partial charge in [-0.15, -0.1) is 0 Å². The van der Waals surface area contributed by atoms with Gasteiger partial charge in [0.25, 0.3) is 0 Å². The van der Waals surface area contributed by atoms with E-state index >= 15 is 0 Å². The number of alkyl halides is 3. The van der Waals surface area contributed by atoms with E-state index in [9.17, 15) is 18.0 Å². The molecule has 2 N–H and O–H groups in total. The maximum Gasteiger partial charge on any atom is 0.416 e. The molecule has 0 aliphatic carbocycles. The standard InChI is InChI=1S/C16H12F3N3O/c1-9-4-2-3-5-12(9)22-13-8-10(16(17,18)19)6-7-11(13)14(20)21-15(22)23/h2-8H,1H3,(H2,20,21,23). The number of hydrogen-bond acceptors (Lipinski definition) is 3. The lowest BCUT2D eigenvalue weighted by molar-refractivity contribution is -0.137. The number of benzene rings is 2. The molecular formula is C16H12F3N3O. The van der Waals surface area contributed by atoms with Gasteiger partial charge in [0.05, 0.1) is 16.8 Å². The molecular weight excluding hydrogens is 307 g/mol. The molecule has 118 valence electrons. The van der Waals surface area contributed by atoms with E-state index in [-0.39, 0.29) is 11.3 Å². The summed E-state index contributed by atoms with van der Waals surface area (Å²) >= 11 is 0. The summed E-state index contributed by atoms with van der Waals surface area (Å²) in [6.45, 7) is 1.76. The average molecular weight is 319 g/mol. The Morgan fingerprint density at radius 2 is 1.83 bits per heavy atom. The van der Waals surface area contributed by atoms with Crippen LogP contribution in [0.4, 0.5) is 19.0 Å². The third-order valence-corrected chi connectivity index (χ3v) is 3.61. The molecule has 0 unspecified atom stereocenters. The van der Waals surface area contributed by atoms with Crippen LogP contribution in [-0.4, -0.2) is 9.55 Å². The van der Waals surface area contributed by atoms with E-state index in [1.165, 1.54) is 6.07 Å². The van der Waals surface area contributed by atoms with Crippen LogP contribution in [0.1, 0.15) is 11.1 Å². The van der Waals surface area contributed by atoms with Crippen LogP contribution in [0.5, 0.6) is 0 Å². The molecule has 0 bridgehead atoms. The molecule has 3 rings (SSSR count). The van der Waals surface area contributed by atoms with Gasteiger partial charge in [0, 0.05) is 5.39 Å². The maximum atomic E-state index is 13.0. The highest BCUT2D eigenvalue weighted by Crippen LogP contribution is 2.32. The summed E-state index contributed by atoms with van der Waals surface area (Å²) in [6, 6.07) is 9.96. The second-order valence-electron chi connectivity index (χ2n) is 5.13. The zero-order valence-corrected chi connectivity index (χ0v) is 12.1. The molecule has 3 aromatic rings. The summed E-state index contributed by atoms with van der Waals surface area (Å²) in [5.74, 6) is -0.0939. The molecule has 2 aromatic carbocycles. The van der Waals surface area contributed by atoms with Crippen LogP contribution >= 0.6 is 0 Å². The van der Waals surface area contributed by atoms with E-state index in [0.717, 1.165) is 22.3 Å². The van der Waals surface area contributed by atoms with Gasteiger partial charge in [-0.05, 0) is 36.8 Å². The molecule has 0 amide bonds. The summed E-state index contributed by atoms with van der Waals surface area (Å²) < 4.78 is 40.1. The lowest BCUT2D eigenvalue weighted by atomic mass is 10.1.